The van der Waals surface area contributed by atoms with E-state index in [9.17, 15) is 26.0 Å². The van der Waals surface area contributed by atoms with Crippen molar-refractivity contribution in [3.05, 3.63) is 89.2 Å². The van der Waals surface area contributed by atoms with Crippen LogP contribution >= 0.6 is 11.6 Å². The van der Waals surface area contributed by atoms with E-state index in [2.05, 4.69) is 0 Å². The van der Waals surface area contributed by atoms with Crippen molar-refractivity contribution in [3.8, 4) is 0 Å². The molecule has 1 aliphatic rings. The number of piperazine rings is 1. The molecule has 0 unspecified atom stereocenters. The van der Waals surface area contributed by atoms with Crippen molar-refractivity contribution in [3.63, 3.8) is 0 Å². The highest BCUT2D eigenvalue weighted by Crippen LogP contribution is 2.28. The van der Waals surface area contributed by atoms with E-state index >= 15 is 0 Å². The maximum atomic E-state index is 13.8. The molecule has 0 aromatic heterocycles. The van der Waals surface area contributed by atoms with Gasteiger partial charge in [0.15, 0.2) is 0 Å². The van der Waals surface area contributed by atoms with Crippen LogP contribution in [0.4, 0.5) is 10.1 Å². The van der Waals surface area contributed by atoms with Crippen molar-refractivity contribution >= 4 is 43.2 Å². The molecule has 12 heteroatoms. The van der Waals surface area contributed by atoms with Crippen LogP contribution in [0.15, 0.2) is 82.6 Å². The van der Waals surface area contributed by atoms with Crippen molar-refractivity contribution in [1.82, 2.24) is 9.21 Å². The lowest BCUT2D eigenvalue weighted by Crippen LogP contribution is -2.53. The quantitative estimate of drug-likeness (QED) is 0.437. The molecule has 196 valence electrons. The predicted octanol–water partition coefficient (Wildman–Crippen LogP) is 3.52. The topological polar surface area (TPSA) is 95.1 Å². The van der Waals surface area contributed by atoms with Crippen LogP contribution in [0.25, 0.3) is 0 Å². The summed E-state index contributed by atoms with van der Waals surface area (Å²) in [4.78, 5) is 14.8. The third-order valence-corrected chi connectivity index (χ3v) is 10.0. The fourth-order valence-corrected chi connectivity index (χ4v) is 6.96. The summed E-state index contributed by atoms with van der Waals surface area (Å²) in [7, 11) is -7.92. The second-order valence-corrected chi connectivity index (χ2v) is 12.7. The third-order valence-electron chi connectivity index (χ3n) is 6.05. The number of hydrogen-bond acceptors (Lipinski definition) is 5. The lowest BCUT2D eigenvalue weighted by molar-refractivity contribution is -0.130. The Bertz CT molecular complexity index is 1490. The molecule has 3 aromatic rings. The predicted molar refractivity (Wildman–Crippen MR) is 139 cm³/mol. The van der Waals surface area contributed by atoms with Gasteiger partial charge in [-0.15, -0.1) is 0 Å². The van der Waals surface area contributed by atoms with E-state index in [1.807, 2.05) is 6.92 Å². The number of halogens is 2. The summed E-state index contributed by atoms with van der Waals surface area (Å²) in [6.45, 7) is 1.61. The van der Waals surface area contributed by atoms with Gasteiger partial charge in [-0.1, -0.05) is 47.5 Å². The first-order valence-electron chi connectivity index (χ1n) is 11.4. The minimum atomic E-state index is -4.19. The Hall–Kier alpha value is -2.99. The highest BCUT2D eigenvalue weighted by Gasteiger charge is 2.33. The van der Waals surface area contributed by atoms with Gasteiger partial charge in [-0.25, -0.2) is 21.2 Å². The first kappa shape index (κ1) is 27.1. The van der Waals surface area contributed by atoms with Crippen LogP contribution in [0.1, 0.15) is 5.56 Å². The van der Waals surface area contributed by atoms with Crippen LogP contribution in [-0.4, -0.2) is 64.7 Å². The second-order valence-electron chi connectivity index (χ2n) is 8.52. The summed E-state index contributed by atoms with van der Waals surface area (Å²) in [5.74, 6) is -1.24. The van der Waals surface area contributed by atoms with Crippen molar-refractivity contribution in [2.45, 2.75) is 16.7 Å². The number of sulfonamides is 2. The van der Waals surface area contributed by atoms with Gasteiger partial charge in [0.2, 0.25) is 15.9 Å². The van der Waals surface area contributed by atoms with Crippen molar-refractivity contribution in [2.24, 2.45) is 0 Å². The molecule has 3 aromatic carbocycles. The van der Waals surface area contributed by atoms with Gasteiger partial charge in [0.1, 0.15) is 12.4 Å². The average Bonchev–Trinajstić information content (AvgIpc) is 2.89. The standard InChI is InChI=1S/C25H25ClFN3O5S2/c1-19-7-10-22(11-8-19)36(32,33)29-15-13-28(14-16-29)25(31)18-30(20-9-12-24(27)23(26)17-20)37(34,35)21-5-3-2-4-6-21/h2-12,17H,13-16,18H2,1H3. The molecule has 0 N–H and O–H groups in total. The van der Waals surface area contributed by atoms with Gasteiger partial charge >= 0.3 is 0 Å². The highest BCUT2D eigenvalue weighted by atomic mass is 35.5. The van der Waals surface area contributed by atoms with E-state index in [0.717, 1.165) is 22.0 Å². The maximum Gasteiger partial charge on any atom is 0.264 e. The molecule has 0 atom stereocenters. The molecule has 37 heavy (non-hydrogen) atoms. The molecule has 4 rings (SSSR count). The number of benzene rings is 3. The molecule has 0 bridgehead atoms. The number of carbonyl (C=O) groups is 1. The first-order valence-corrected chi connectivity index (χ1v) is 14.6. The van der Waals surface area contributed by atoms with E-state index in [1.54, 1.807) is 42.5 Å². The van der Waals surface area contributed by atoms with Crippen LogP contribution < -0.4 is 4.31 Å². The smallest absolute Gasteiger partial charge is 0.264 e. The van der Waals surface area contributed by atoms with E-state index in [4.69, 9.17) is 11.6 Å². The Morgan fingerprint density at radius 1 is 0.892 bits per heavy atom. The van der Waals surface area contributed by atoms with Gasteiger partial charge in [-0.2, -0.15) is 4.31 Å². The van der Waals surface area contributed by atoms with Crippen molar-refractivity contribution < 1.29 is 26.0 Å². The summed E-state index contributed by atoms with van der Waals surface area (Å²) in [6.07, 6.45) is 0. The Morgan fingerprint density at radius 2 is 1.51 bits per heavy atom. The summed E-state index contributed by atoms with van der Waals surface area (Å²) in [5, 5.41) is -0.284. The molecule has 1 heterocycles. The van der Waals surface area contributed by atoms with Crippen LogP contribution in [0.2, 0.25) is 5.02 Å². The zero-order valence-electron chi connectivity index (χ0n) is 19.9. The summed E-state index contributed by atoms with van der Waals surface area (Å²) in [5.41, 5.74) is 0.969. The molecule has 0 saturated carbocycles. The Kier molecular flexibility index (Phi) is 7.88. The molecular weight excluding hydrogens is 541 g/mol. The molecule has 1 fully saturated rings. The lowest BCUT2D eigenvalue weighted by Gasteiger charge is -2.35. The largest absolute Gasteiger partial charge is 0.338 e. The SMILES string of the molecule is Cc1ccc(S(=O)(=O)N2CCN(C(=O)CN(c3ccc(F)c(Cl)c3)S(=O)(=O)c3ccccc3)CC2)cc1. The van der Waals surface area contributed by atoms with Gasteiger partial charge in [-0.3, -0.25) is 9.10 Å². The van der Waals surface area contributed by atoms with Crippen LogP contribution in [0.5, 0.6) is 0 Å². The molecule has 1 amide bonds. The second kappa shape index (κ2) is 10.8. The molecule has 0 spiro atoms. The summed E-state index contributed by atoms with van der Waals surface area (Å²) >= 11 is 5.90. The number of carbonyl (C=O) groups excluding carboxylic acids is 1. The van der Waals surface area contributed by atoms with Gasteiger partial charge < -0.3 is 4.90 Å². The number of hydrogen-bond donors (Lipinski definition) is 0. The van der Waals surface area contributed by atoms with Gasteiger partial charge in [0, 0.05) is 26.2 Å². The molecule has 1 aliphatic heterocycles. The number of aryl methyl sites for hydroxylation is 1. The van der Waals surface area contributed by atoms with Crippen molar-refractivity contribution in [1.29, 1.82) is 0 Å². The van der Waals surface area contributed by atoms with Gasteiger partial charge in [0.05, 0.1) is 20.5 Å². The minimum absolute atomic E-state index is 0.0317. The fourth-order valence-electron chi connectivity index (χ4n) is 3.93. The van der Waals surface area contributed by atoms with E-state index in [1.165, 1.54) is 27.4 Å². The maximum absolute atomic E-state index is 13.8. The molecule has 0 radical (unpaired) electrons. The van der Waals surface area contributed by atoms with Crippen LogP contribution in [0.3, 0.4) is 0 Å². The minimum Gasteiger partial charge on any atom is -0.338 e. The Balaban J connectivity index is 1.53. The first-order chi connectivity index (χ1) is 17.5. The van der Waals surface area contributed by atoms with E-state index in [0.29, 0.717) is 0 Å². The monoisotopic (exact) mass is 565 g/mol. The molecule has 1 saturated heterocycles. The number of nitrogens with zero attached hydrogens (tertiary/aromatic N) is 3. The third kappa shape index (κ3) is 5.80. The fraction of sp³-hybridized carbons (Fsp3) is 0.240. The number of amides is 1. The van der Waals surface area contributed by atoms with E-state index < -0.39 is 38.3 Å². The number of anilines is 1. The normalized spacial score (nSPS) is 14.9. The van der Waals surface area contributed by atoms with Crippen LogP contribution in [-0.2, 0) is 24.8 Å². The molecule has 0 aliphatic carbocycles. The molecular formula is C25H25ClFN3O5S2. The van der Waals surface area contributed by atoms with E-state index in [-0.39, 0.29) is 46.7 Å². The lowest BCUT2D eigenvalue weighted by atomic mass is 10.2. The average molecular weight is 566 g/mol. The summed E-state index contributed by atoms with van der Waals surface area (Å²) < 4.78 is 68.8. The highest BCUT2D eigenvalue weighted by molar-refractivity contribution is 7.92. The zero-order chi connectivity index (χ0) is 26.8. The van der Waals surface area contributed by atoms with Crippen molar-refractivity contribution in [2.75, 3.05) is 37.0 Å². The Labute approximate surface area is 221 Å². The van der Waals surface area contributed by atoms with Crippen LogP contribution in [0, 0.1) is 12.7 Å². The van der Waals surface area contributed by atoms with Gasteiger partial charge in [-0.05, 0) is 49.4 Å². The molecule has 8 nitrogen and oxygen atoms in total. The van der Waals surface area contributed by atoms with Gasteiger partial charge in [0.25, 0.3) is 10.0 Å². The Morgan fingerprint density at radius 3 is 2.11 bits per heavy atom. The number of rotatable bonds is 7. The summed E-state index contributed by atoms with van der Waals surface area (Å²) in [6, 6.07) is 17.5. The zero-order valence-corrected chi connectivity index (χ0v) is 22.3.